The van der Waals surface area contributed by atoms with Crippen molar-refractivity contribution in [2.24, 2.45) is 5.92 Å². The molecule has 4 heteroatoms. The van der Waals surface area contributed by atoms with E-state index in [0.29, 0.717) is 16.0 Å². The first-order valence-corrected chi connectivity index (χ1v) is 8.06. The van der Waals surface area contributed by atoms with Crippen LogP contribution in [0.4, 0.5) is 10.1 Å². The molecule has 2 aromatic rings. The molecule has 1 aliphatic carbocycles. The van der Waals surface area contributed by atoms with Crippen molar-refractivity contribution < 1.29 is 4.39 Å². The Hall–Kier alpha value is -1.51. The van der Waals surface area contributed by atoms with E-state index in [4.69, 9.17) is 23.2 Å². The number of fused-ring (bicyclic) bond motifs is 3. The molecule has 0 saturated heterocycles. The largest absolute Gasteiger partial charge is 0.378 e. The Bertz CT molecular complexity index is 772. The lowest BCUT2D eigenvalue weighted by atomic mass is 9.77. The molecule has 0 aromatic heterocycles. The summed E-state index contributed by atoms with van der Waals surface area (Å²) < 4.78 is 13.6. The molecule has 0 bridgehead atoms. The number of allylic oxidation sites excluding steroid dienone is 2. The Balaban J connectivity index is 1.81. The summed E-state index contributed by atoms with van der Waals surface area (Å²) in [7, 11) is 0. The summed E-state index contributed by atoms with van der Waals surface area (Å²) in [5, 5.41) is 4.84. The van der Waals surface area contributed by atoms with E-state index in [-0.39, 0.29) is 17.8 Å². The molecule has 0 radical (unpaired) electrons. The van der Waals surface area contributed by atoms with E-state index in [1.165, 1.54) is 6.07 Å². The number of halogens is 3. The van der Waals surface area contributed by atoms with Gasteiger partial charge in [-0.2, -0.15) is 0 Å². The molecule has 0 amide bonds. The van der Waals surface area contributed by atoms with Gasteiger partial charge in [-0.1, -0.05) is 41.4 Å². The molecular formula is C18H14Cl2FN. The molecule has 22 heavy (non-hydrogen) atoms. The number of hydrogen-bond donors (Lipinski definition) is 1. The Morgan fingerprint density at radius 2 is 1.91 bits per heavy atom. The van der Waals surface area contributed by atoms with Gasteiger partial charge in [-0.15, -0.1) is 0 Å². The van der Waals surface area contributed by atoms with Crippen molar-refractivity contribution in [3.63, 3.8) is 0 Å². The predicted molar refractivity (Wildman–Crippen MR) is 89.2 cm³/mol. The monoisotopic (exact) mass is 333 g/mol. The fourth-order valence-electron chi connectivity index (χ4n) is 3.63. The van der Waals surface area contributed by atoms with Gasteiger partial charge < -0.3 is 5.32 Å². The summed E-state index contributed by atoms with van der Waals surface area (Å²) in [4.78, 5) is 0. The van der Waals surface area contributed by atoms with Crippen LogP contribution in [-0.4, -0.2) is 0 Å². The molecule has 1 aliphatic heterocycles. The second-order valence-corrected chi connectivity index (χ2v) is 6.72. The fourth-order valence-corrected chi connectivity index (χ4v) is 4.15. The van der Waals surface area contributed by atoms with Crippen molar-refractivity contribution in [1.82, 2.24) is 0 Å². The van der Waals surface area contributed by atoms with Crippen molar-refractivity contribution >= 4 is 28.9 Å². The SMILES string of the molecule is Fc1ccc2c(c1)[C@@H]1C=CC[C@@H]1[C@H](c1ccc(Cl)cc1Cl)N2. The quantitative estimate of drug-likeness (QED) is 0.635. The van der Waals surface area contributed by atoms with Crippen molar-refractivity contribution in [3.8, 4) is 0 Å². The zero-order valence-electron chi connectivity index (χ0n) is 11.7. The van der Waals surface area contributed by atoms with Gasteiger partial charge in [0.05, 0.1) is 6.04 Å². The molecular weight excluding hydrogens is 320 g/mol. The highest BCUT2D eigenvalue weighted by atomic mass is 35.5. The minimum atomic E-state index is -0.192. The van der Waals surface area contributed by atoms with Crippen LogP contribution in [0.5, 0.6) is 0 Å². The lowest BCUT2D eigenvalue weighted by Crippen LogP contribution is -2.29. The minimum absolute atomic E-state index is 0.0997. The maximum absolute atomic E-state index is 13.6. The third-order valence-corrected chi connectivity index (χ3v) is 5.18. The fraction of sp³-hybridized carbons (Fsp3) is 0.222. The van der Waals surface area contributed by atoms with Crippen LogP contribution in [0, 0.1) is 11.7 Å². The van der Waals surface area contributed by atoms with Gasteiger partial charge in [-0.05, 0) is 53.8 Å². The Morgan fingerprint density at radius 3 is 2.73 bits per heavy atom. The lowest BCUT2D eigenvalue weighted by molar-refractivity contribution is 0.424. The third-order valence-electron chi connectivity index (χ3n) is 4.62. The zero-order valence-corrected chi connectivity index (χ0v) is 13.2. The lowest BCUT2D eigenvalue weighted by Gasteiger charge is -2.37. The van der Waals surface area contributed by atoms with Crippen LogP contribution in [-0.2, 0) is 0 Å². The van der Waals surface area contributed by atoms with Gasteiger partial charge >= 0.3 is 0 Å². The highest BCUT2D eigenvalue weighted by Crippen LogP contribution is 2.50. The second-order valence-electron chi connectivity index (χ2n) is 5.87. The smallest absolute Gasteiger partial charge is 0.123 e. The van der Waals surface area contributed by atoms with Crippen LogP contribution in [0.25, 0.3) is 0 Å². The third kappa shape index (κ3) is 2.22. The molecule has 0 spiro atoms. The van der Waals surface area contributed by atoms with E-state index < -0.39 is 0 Å². The molecule has 1 heterocycles. The standard InChI is InChI=1S/C18H14Cl2FN/c19-10-4-6-14(16(20)8-10)18-13-3-1-2-12(13)15-9-11(21)5-7-17(15)22-18/h1-2,4-9,12-13,18,22H,3H2/t12-,13+,18-/m1/s1. The normalized spacial score (nSPS) is 25.5. The van der Waals surface area contributed by atoms with E-state index >= 15 is 0 Å². The number of hydrogen-bond acceptors (Lipinski definition) is 1. The van der Waals surface area contributed by atoms with Crippen LogP contribution < -0.4 is 5.32 Å². The van der Waals surface area contributed by atoms with Crippen LogP contribution in [0.1, 0.15) is 29.5 Å². The van der Waals surface area contributed by atoms with Crippen LogP contribution in [0.2, 0.25) is 10.0 Å². The van der Waals surface area contributed by atoms with Gasteiger partial charge in [0.15, 0.2) is 0 Å². The molecule has 112 valence electrons. The average molecular weight is 334 g/mol. The first-order valence-electron chi connectivity index (χ1n) is 7.31. The van der Waals surface area contributed by atoms with E-state index in [2.05, 4.69) is 17.5 Å². The Kier molecular flexibility index (Phi) is 3.39. The van der Waals surface area contributed by atoms with Gasteiger partial charge in [0, 0.05) is 21.7 Å². The van der Waals surface area contributed by atoms with Gasteiger partial charge in [0.2, 0.25) is 0 Å². The molecule has 2 aliphatic rings. The van der Waals surface area contributed by atoms with Crippen LogP contribution in [0.15, 0.2) is 48.6 Å². The van der Waals surface area contributed by atoms with Gasteiger partial charge in [0.1, 0.15) is 5.82 Å². The topological polar surface area (TPSA) is 12.0 Å². The summed E-state index contributed by atoms with van der Waals surface area (Å²) in [6.45, 7) is 0. The molecule has 1 N–H and O–H groups in total. The summed E-state index contributed by atoms with van der Waals surface area (Å²) in [6.07, 6.45) is 5.31. The summed E-state index contributed by atoms with van der Waals surface area (Å²) in [5.74, 6) is 0.374. The molecule has 1 nitrogen and oxygen atoms in total. The number of benzene rings is 2. The number of anilines is 1. The molecule has 3 atom stereocenters. The zero-order chi connectivity index (χ0) is 15.3. The number of rotatable bonds is 1. The maximum Gasteiger partial charge on any atom is 0.123 e. The predicted octanol–water partition coefficient (Wildman–Crippen LogP) is 5.96. The average Bonchev–Trinajstić information content (AvgIpc) is 2.97. The van der Waals surface area contributed by atoms with Crippen molar-refractivity contribution in [2.45, 2.75) is 18.4 Å². The highest BCUT2D eigenvalue weighted by Gasteiger charge is 2.38. The minimum Gasteiger partial charge on any atom is -0.378 e. The summed E-state index contributed by atoms with van der Waals surface area (Å²) in [5.41, 5.74) is 3.05. The number of nitrogens with one attached hydrogen (secondary N) is 1. The highest BCUT2D eigenvalue weighted by molar-refractivity contribution is 6.35. The van der Waals surface area contributed by atoms with Gasteiger partial charge in [0.25, 0.3) is 0 Å². The first-order chi connectivity index (χ1) is 10.6. The first kappa shape index (κ1) is 14.1. The van der Waals surface area contributed by atoms with Crippen LogP contribution >= 0.6 is 23.2 Å². The van der Waals surface area contributed by atoms with E-state index in [9.17, 15) is 4.39 Å². The Morgan fingerprint density at radius 1 is 1.05 bits per heavy atom. The molecule has 4 rings (SSSR count). The molecule has 0 saturated carbocycles. The van der Waals surface area contributed by atoms with E-state index in [1.807, 2.05) is 18.2 Å². The van der Waals surface area contributed by atoms with Crippen molar-refractivity contribution in [3.05, 3.63) is 75.5 Å². The summed E-state index contributed by atoms with van der Waals surface area (Å²) >= 11 is 12.4. The van der Waals surface area contributed by atoms with Gasteiger partial charge in [-0.25, -0.2) is 4.39 Å². The van der Waals surface area contributed by atoms with Crippen LogP contribution in [0.3, 0.4) is 0 Å². The maximum atomic E-state index is 13.6. The van der Waals surface area contributed by atoms with Crippen molar-refractivity contribution in [1.29, 1.82) is 0 Å². The van der Waals surface area contributed by atoms with Gasteiger partial charge in [-0.3, -0.25) is 0 Å². The molecule has 0 fully saturated rings. The second kappa shape index (κ2) is 5.29. The van der Waals surface area contributed by atoms with Crippen molar-refractivity contribution in [2.75, 3.05) is 5.32 Å². The van der Waals surface area contributed by atoms with E-state index in [0.717, 1.165) is 23.2 Å². The summed E-state index contributed by atoms with van der Waals surface area (Å²) in [6, 6.07) is 10.7. The Labute approximate surface area is 138 Å². The molecule has 0 unspecified atom stereocenters. The molecule has 2 aromatic carbocycles. The van der Waals surface area contributed by atoms with E-state index in [1.54, 1.807) is 12.1 Å².